The Balaban J connectivity index is 2.37. The van der Waals surface area contributed by atoms with Crippen molar-refractivity contribution in [2.24, 2.45) is 5.73 Å². The van der Waals surface area contributed by atoms with E-state index in [1.54, 1.807) is 0 Å². The first-order chi connectivity index (χ1) is 8.11. The number of hydrogen-bond donors (Lipinski definition) is 1. The first-order valence-electron chi connectivity index (χ1n) is 5.95. The highest BCUT2D eigenvalue weighted by molar-refractivity contribution is 5.35. The molecule has 17 heavy (non-hydrogen) atoms. The van der Waals surface area contributed by atoms with Gasteiger partial charge in [-0.05, 0) is 44.0 Å². The van der Waals surface area contributed by atoms with Crippen LogP contribution in [-0.2, 0) is 0 Å². The Bertz CT molecular complexity index is 497. The normalized spacial score (nSPS) is 12.7. The lowest BCUT2D eigenvalue weighted by molar-refractivity contribution is 0.768. The molecule has 0 saturated carbocycles. The second-order valence-electron chi connectivity index (χ2n) is 4.59. The summed E-state index contributed by atoms with van der Waals surface area (Å²) in [6.45, 7) is 6.90. The summed E-state index contributed by atoms with van der Waals surface area (Å²) >= 11 is 0. The average molecular weight is 229 g/mol. The van der Waals surface area contributed by atoms with Gasteiger partial charge < -0.3 is 5.73 Å². The number of nitrogens with zero attached hydrogens (tertiary/aromatic N) is 2. The van der Waals surface area contributed by atoms with Crippen LogP contribution in [0.25, 0.3) is 5.69 Å². The van der Waals surface area contributed by atoms with E-state index in [9.17, 15) is 0 Å². The predicted octanol–water partition coefficient (Wildman–Crippen LogP) is 2.55. The van der Waals surface area contributed by atoms with Gasteiger partial charge in [-0.15, -0.1) is 0 Å². The lowest BCUT2D eigenvalue weighted by atomic mass is 10.0. The van der Waals surface area contributed by atoms with Crippen molar-refractivity contribution in [3.05, 3.63) is 47.3 Å². The Morgan fingerprint density at radius 2 is 1.88 bits per heavy atom. The Morgan fingerprint density at radius 3 is 2.47 bits per heavy atom. The molecule has 3 heteroatoms. The third kappa shape index (κ3) is 2.39. The first kappa shape index (κ1) is 11.9. The van der Waals surface area contributed by atoms with Crippen LogP contribution in [0, 0.1) is 13.8 Å². The van der Waals surface area contributed by atoms with Crippen molar-refractivity contribution in [2.75, 3.05) is 6.54 Å². The molecular weight excluding hydrogens is 210 g/mol. The fraction of sp³-hybridized carbons (Fsp3) is 0.357. The van der Waals surface area contributed by atoms with Crippen LogP contribution in [0.2, 0.25) is 0 Å². The smallest absolute Gasteiger partial charge is 0.0645 e. The van der Waals surface area contributed by atoms with E-state index < -0.39 is 0 Å². The summed E-state index contributed by atoms with van der Waals surface area (Å²) < 4.78 is 1.93. The number of hydrogen-bond acceptors (Lipinski definition) is 2. The van der Waals surface area contributed by atoms with Crippen molar-refractivity contribution >= 4 is 0 Å². The van der Waals surface area contributed by atoms with E-state index in [-0.39, 0.29) is 0 Å². The lowest BCUT2D eigenvalue weighted by Gasteiger charge is -2.05. The number of rotatable bonds is 3. The van der Waals surface area contributed by atoms with E-state index in [1.807, 2.05) is 11.6 Å². The zero-order chi connectivity index (χ0) is 12.4. The fourth-order valence-electron chi connectivity index (χ4n) is 1.91. The third-order valence-corrected chi connectivity index (χ3v) is 3.12. The van der Waals surface area contributed by atoms with Crippen molar-refractivity contribution in [3.63, 3.8) is 0 Å². The van der Waals surface area contributed by atoms with Crippen LogP contribution in [0.4, 0.5) is 0 Å². The average Bonchev–Trinajstić information content (AvgIpc) is 2.71. The molecule has 0 aliphatic rings. The number of benzene rings is 1. The van der Waals surface area contributed by atoms with Crippen LogP contribution in [0.1, 0.15) is 29.7 Å². The molecule has 2 rings (SSSR count). The van der Waals surface area contributed by atoms with Gasteiger partial charge in [-0.2, -0.15) is 5.10 Å². The molecule has 0 aliphatic carbocycles. The minimum Gasteiger partial charge on any atom is -0.330 e. The van der Waals surface area contributed by atoms with Crippen molar-refractivity contribution in [3.8, 4) is 5.69 Å². The molecule has 1 heterocycles. The molecule has 0 spiro atoms. The molecule has 90 valence electrons. The molecule has 1 unspecified atom stereocenters. The molecule has 0 bridgehead atoms. The Morgan fingerprint density at radius 1 is 1.24 bits per heavy atom. The van der Waals surface area contributed by atoms with E-state index in [4.69, 9.17) is 5.73 Å². The van der Waals surface area contributed by atoms with E-state index in [0.29, 0.717) is 12.5 Å². The van der Waals surface area contributed by atoms with Crippen molar-refractivity contribution in [2.45, 2.75) is 26.7 Å². The van der Waals surface area contributed by atoms with E-state index in [2.05, 4.69) is 49.4 Å². The Labute approximate surface area is 102 Å². The maximum absolute atomic E-state index is 5.70. The standard InChI is InChI=1S/C14H19N3/c1-10-4-6-13(7-5-10)17-9-14(11(2)8-15)12(3)16-17/h4-7,9,11H,8,15H2,1-3H3. The summed E-state index contributed by atoms with van der Waals surface area (Å²) in [5, 5.41) is 4.54. The molecule has 1 atom stereocenters. The second-order valence-corrected chi connectivity index (χ2v) is 4.59. The zero-order valence-corrected chi connectivity index (χ0v) is 10.6. The summed E-state index contributed by atoms with van der Waals surface area (Å²) in [7, 11) is 0. The Hall–Kier alpha value is -1.61. The molecule has 0 aliphatic heterocycles. The molecule has 2 N–H and O–H groups in total. The highest BCUT2D eigenvalue weighted by atomic mass is 15.3. The number of aryl methyl sites for hydroxylation is 2. The van der Waals surface area contributed by atoms with Gasteiger partial charge >= 0.3 is 0 Å². The predicted molar refractivity (Wildman–Crippen MR) is 70.5 cm³/mol. The van der Waals surface area contributed by atoms with Crippen molar-refractivity contribution in [1.82, 2.24) is 9.78 Å². The van der Waals surface area contributed by atoms with Gasteiger partial charge in [-0.1, -0.05) is 24.6 Å². The van der Waals surface area contributed by atoms with E-state index in [1.165, 1.54) is 11.1 Å². The van der Waals surface area contributed by atoms with E-state index >= 15 is 0 Å². The fourth-order valence-corrected chi connectivity index (χ4v) is 1.91. The molecule has 1 aromatic carbocycles. The van der Waals surface area contributed by atoms with Gasteiger partial charge in [0.15, 0.2) is 0 Å². The largest absolute Gasteiger partial charge is 0.330 e. The number of aromatic nitrogens is 2. The maximum atomic E-state index is 5.70. The molecule has 0 fully saturated rings. The molecule has 2 aromatic rings. The van der Waals surface area contributed by atoms with Crippen LogP contribution >= 0.6 is 0 Å². The van der Waals surface area contributed by atoms with Gasteiger partial charge in [0, 0.05) is 6.20 Å². The zero-order valence-electron chi connectivity index (χ0n) is 10.6. The van der Waals surface area contributed by atoms with Crippen molar-refractivity contribution in [1.29, 1.82) is 0 Å². The maximum Gasteiger partial charge on any atom is 0.0645 e. The van der Waals surface area contributed by atoms with Crippen LogP contribution < -0.4 is 5.73 Å². The van der Waals surface area contributed by atoms with Crippen LogP contribution in [0.15, 0.2) is 30.5 Å². The summed E-state index contributed by atoms with van der Waals surface area (Å²) in [5.74, 6) is 0.356. The topological polar surface area (TPSA) is 43.8 Å². The van der Waals surface area contributed by atoms with Crippen molar-refractivity contribution < 1.29 is 0 Å². The first-order valence-corrected chi connectivity index (χ1v) is 5.95. The molecule has 3 nitrogen and oxygen atoms in total. The third-order valence-electron chi connectivity index (χ3n) is 3.12. The second kappa shape index (κ2) is 4.72. The van der Waals surface area contributed by atoms with Crippen LogP contribution in [0.3, 0.4) is 0 Å². The minimum absolute atomic E-state index is 0.356. The lowest BCUT2D eigenvalue weighted by Crippen LogP contribution is -2.09. The van der Waals surface area contributed by atoms with Gasteiger partial charge in [0.2, 0.25) is 0 Å². The van der Waals surface area contributed by atoms with Gasteiger partial charge in [0.25, 0.3) is 0 Å². The minimum atomic E-state index is 0.356. The number of nitrogens with two attached hydrogens (primary N) is 1. The van der Waals surface area contributed by atoms with Gasteiger partial charge in [-0.25, -0.2) is 4.68 Å². The molecule has 0 saturated heterocycles. The van der Waals surface area contributed by atoms with Crippen LogP contribution in [-0.4, -0.2) is 16.3 Å². The Kier molecular flexibility index (Phi) is 3.29. The summed E-state index contributed by atoms with van der Waals surface area (Å²) in [6.07, 6.45) is 2.08. The molecule has 0 amide bonds. The molecular formula is C14H19N3. The van der Waals surface area contributed by atoms with Gasteiger partial charge in [0.05, 0.1) is 11.4 Å². The SMILES string of the molecule is Cc1ccc(-n2cc(C(C)CN)c(C)n2)cc1. The van der Waals surface area contributed by atoms with Gasteiger partial charge in [0.1, 0.15) is 0 Å². The van der Waals surface area contributed by atoms with E-state index in [0.717, 1.165) is 11.4 Å². The molecule has 0 radical (unpaired) electrons. The highest BCUT2D eigenvalue weighted by Crippen LogP contribution is 2.19. The summed E-state index contributed by atoms with van der Waals surface area (Å²) in [6, 6.07) is 8.36. The summed E-state index contributed by atoms with van der Waals surface area (Å²) in [4.78, 5) is 0. The highest BCUT2D eigenvalue weighted by Gasteiger charge is 2.11. The van der Waals surface area contributed by atoms with Gasteiger partial charge in [-0.3, -0.25) is 0 Å². The summed E-state index contributed by atoms with van der Waals surface area (Å²) in [5.41, 5.74) is 10.3. The quantitative estimate of drug-likeness (QED) is 0.879. The molecule has 1 aromatic heterocycles. The van der Waals surface area contributed by atoms with Crippen LogP contribution in [0.5, 0.6) is 0 Å². The monoisotopic (exact) mass is 229 g/mol.